The number of nitrogens with two attached hydrogens (primary N) is 1. The van der Waals surface area contributed by atoms with Crippen LogP contribution in [-0.4, -0.2) is 39.6 Å². The van der Waals surface area contributed by atoms with Gasteiger partial charge in [0.15, 0.2) is 6.10 Å². The first-order valence-electron chi connectivity index (χ1n) is 8.51. The smallest absolute Gasteiger partial charge is 0.318 e. The Hall–Kier alpha value is -0.890. The molecule has 6 nitrogen and oxygen atoms in total. The average molecular weight is 373 g/mol. The highest BCUT2D eigenvalue weighted by molar-refractivity contribution is 8.21. The molecule has 1 unspecified atom stereocenters. The number of imide groups is 1. The number of hydrogen-bond donors (Lipinski definition) is 2. The number of primary amides is 1. The van der Waals surface area contributed by atoms with E-state index in [-0.39, 0.29) is 11.9 Å². The van der Waals surface area contributed by atoms with Crippen LogP contribution in [0.3, 0.4) is 0 Å². The van der Waals surface area contributed by atoms with Crippen LogP contribution in [0.4, 0.5) is 4.79 Å². The van der Waals surface area contributed by atoms with E-state index in [0.29, 0.717) is 15.9 Å². The number of carbonyl (C=O) groups is 3. The third-order valence-corrected chi connectivity index (χ3v) is 9.38. The summed E-state index contributed by atoms with van der Waals surface area (Å²) in [5.74, 6) is 2.38. The average Bonchev–Trinajstić information content (AvgIpc) is 2.95. The minimum Gasteiger partial charge on any atom is -0.452 e. The van der Waals surface area contributed by atoms with E-state index in [1.165, 1.54) is 37.7 Å². The van der Waals surface area contributed by atoms with Crippen LogP contribution in [0.25, 0.3) is 0 Å². The number of rotatable bonds is 3. The molecule has 3 N–H and O–H groups in total. The summed E-state index contributed by atoms with van der Waals surface area (Å²) in [5.41, 5.74) is 4.92. The second-order valence-corrected chi connectivity index (χ2v) is 9.85. The summed E-state index contributed by atoms with van der Waals surface area (Å²) in [7, 11) is 0. The van der Waals surface area contributed by atoms with Crippen molar-refractivity contribution in [3.8, 4) is 0 Å². The highest BCUT2D eigenvalue weighted by atomic mass is 32.2. The van der Waals surface area contributed by atoms with Crippen LogP contribution in [-0.2, 0) is 14.3 Å². The number of urea groups is 1. The SMILES string of the molecule is C[C@@H](OC(=O)C1C[C@H]2CCC[C@@H](C1)C21SCCS1)C(=O)NC(N)=O. The van der Waals surface area contributed by atoms with Gasteiger partial charge in [0.2, 0.25) is 0 Å². The molecule has 8 heteroatoms. The summed E-state index contributed by atoms with van der Waals surface area (Å²) < 4.78 is 5.61. The molecule has 3 aliphatic rings. The lowest BCUT2D eigenvalue weighted by Gasteiger charge is -2.51. The van der Waals surface area contributed by atoms with Crippen LogP contribution in [0.5, 0.6) is 0 Å². The monoisotopic (exact) mass is 372 g/mol. The van der Waals surface area contributed by atoms with Crippen LogP contribution < -0.4 is 11.1 Å². The lowest BCUT2D eigenvalue weighted by atomic mass is 9.67. The Bertz CT molecular complexity index is 520. The molecule has 0 aromatic carbocycles. The topological polar surface area (TPSA) is 98.5 Å². The molecular weight excluding hydrogens is 348 g/mol. The van der Waals surface area contributed by atoms with Gasteiger partial charge >= 0.3 is 12.0 Å². The Kier molecular flexibility index (Phi) is 5.34. The molecule has 2 saturated carbocycles. The van der Waals surface area contributed by atoms with Crippen LogP contribution in [0.15, 0.2) is 0 Å². The Balaban J connectivity index is 1.61. The van der Waals surface area contributed by atoms with Crippen molar-refractivity contribution in [1.82, 2.24) is 5.32 Å². The van der Waals surface area contributed by atoms with E-state index in [4.69, 9.17) is 10.5 Å². The molecule has 2 aliphatic carbocycles. The molecule has 3 fully saturated rings. The maximum atomic E-state index is 12.5. The van der Waals surface area contributed by atoms with Gasteiger partial charge in [-0.15, -0.1) is 23.5 Å². The van der Waals surface area contributed by atoms with Crippen LogP contribution in [0.2, 0.25) is 0 Å². The Labute approximate surface area is 150 Å². The van der Waals surface area contributed by atoms with E-state index in [1.54, 1.807) is 0 Å². The van der Waals surface area contributed by atoms with Crippen molar-refractivity contribution in [1.29, 1.82) is 0 Å². The van der Waals surface area contributed by atoms with Gasteiger partial charge < -0.3 is 10.5 Å². The Morgan fingerprint density at radius 1 is 1.17 bits per heavy atom. The zero-order valence-electron chi connectivity index (χ0n) is 13.8. The number of carbonyl (C=O) groups excluding carboxylic acids is 3. The van der Waals surface area contributed by atoms with Crippen LogP contribution in [0.1, 0.15) is 39.0 Å². The summed E-state index contributed by atoms with van der Waals surface area (Å²) >= 11 is 4.18. The van der Waals surface area contributed by atoms with Crippen molar-refractivity contribution < 1.29 is 19.1 Å². The van der Waals surface area contributed by atoms with E-state index in [9.17, 15) is 14.4 Å². The number of ether oxygens (including phenoxy) is 1. The van der Waals surface area contributed by atoms with Crippen molar-refractivity contribution in [3.05, 3.63) is 0 Å². The van der Waals surface area contributed by atoms with Gasteiger partial charge in [0, 0.05) is 11.5 Å². The lowest BCUT2D eigenvalue weighted by Crippen LogP contribution is -2.49. The predicted octanol–water partition coefficient (Wildman–Crippen LogP) is 2.12. The summed E-state index contributed by atoms with van der Waals surface area (Å²) in [6, 6.07) is -0.938. The van der Waals surface area contributed by atoms with Gasteiger partial charge in [-0.1, -0.05) is 6.42 Å². The van der Waals surface area contributed by atoms with Gasteiger partial charge in [0.1, 0.15) is 0 Å². The van der Waals surface area contributed by atoms with Gasteiger partial charge in [0.05, 0.1) is 10.00 Å². The van der Waals surface area contributed by atoms with Gasteiger partial charge in [-0.25, -0.2) is 4.79 Å². The fourth-order valence-corrected chi connectivity index (χ4v) is 8.29. The maximum Gasteiger partial charge on any atom is 0.318 e. The molecule has 134 valence electrons. The van der Waals surface area contributed by atoms with Gasteiger partial charge in [-0.2, -0.15) is 0 Å². The first-order valence-corrected chi connectivity index (χ1v) is 10.5. The first kappa shape index (κ1) is 17.9. The molecule has 24 heavy (non-hydrogen) atoms. The van der Waals surface area contributed by atoms with E-state index in [1.807, 2.05) is 5.32 Å². The zero-order valence-corrected chi connectivity index (χ0v) is 15.4. The fourth-order valence-electron chi connectivity index (χ4n) is 4.35. The predicted molar refractivity (Wildman–Crippen MR) is 94.5 cm³/mol. The van der Waals surface area contributed by atoms with Crippen molar-refractivity contribution in [3.63, 3.8) is 0 Å². The summed E-state index contributed by atoms with van der Waals surface area (Å²) in [6.45, 7) is 1.46. The van der Waals surface area contributed by atoms with Gasteiger partial charge in [-0.3, -0.25) is 14.9 Å². The molecule has 3 amide bonds. The maximum absolute atomic E-state index is 12.5. The number of nitrogens with one attached hydrogen (secondary N) is 1. The lowest BCUT2D eigenvalue weighted by molar-refractivity contribution is -0.161. The van der Waals surface area contributed by atoms with Crippen molar-refractivity contribution in [2.24, 2.45) is 23.5 Å². The van der Waals surface area contributed by atoms with Crippen LogP contribution in [0, 0.1) is 17.8 Å². The molecule has 1 saturated heterocycles. The molecule has 2 bridgehead atoms. The van der Waals surface area contributed by atoms with E-state index in [0.717, 1.165) is 12.8 Å². The number of esters is 1. The first-order chi connectivity index (χ1) is 11.4. The van der Waals surface area contributed by atoms with Crippen LogP contribution >= 0.6 is 23.5 Å². The van der Waals surface area contributed by atoms with Crippen molar-refractivity contribution >= 4 is 41.4 Å². The quantitative estimate of drug-likeness (QED) is 0.736. The normalized spacial score (nSPS) is 32.1. The summed E-state index contributed by atoms with van der Waals surface area (Å²) in [5, 5.41) is 1.95. The molecular formula is C16H24N2O4S2. The van der Waals surface area contributed by atoms with Gasteiger partial charge in [0.25, 0.3) is 5.91 Å². The minimum atomic E-state index is -1.00. The molecule has 0 aromatic rings. The molecule has 3 rings (SSSR count). The zero-order chi connectivity index (χ0) is 17.3. The molecule has 0 aromatic heterocycles. The van der Waals surface area contributed by atoms with Crippen molar-refractivity contribution in [2.75, 3.05) is 11.5 Å². The number of hydrogen-bond acceptors (Lipinski definition) is 6. The minimum absolute atomic E-state index is 0.142. The molecule has 1 heterocycles. The molecule has 0 radical (unpaired) electrons. The summed E-state index contributed by atoms with van der Waals surface area (Å²) in [4.78, 5) is 34.9. The molecule has 4 atom stereocenters. The Morgan fingerprint density at radius 2 is 1.75 bits per heavy atom. The van der Waals surface area contributed by atoms with Crippen molar-refractivity contribution in [2.45, 2.75) is 49.2 Å². The van der Waals surface area contributed by atoms with E-state index >= 15 is 0 Å². The number of thioether (sulfide) groups is 2. The highest BCUT2D eigenvalue weighted by Gasteiger charge is 2.55. The molecule has 1 spiro atoms. The second-order valence-electron chi connectivity index (χ2n) is 6.84. The molecule has 1 aliphatic heterocycles. The second kappa shape index (κ2) is 7.15. The Morgan fingerprint density at radius 3 is 2.29 bits per heavy atom. The third-order valence-electron chi connectivity index (χ3n) is 5.36. The number of amides is 3. The third kappa shape index (κ3) is 3.40. The van der Waals surface area contributed by atoms with E-state index in [2.05, 4.69) is 23.5 Å². The fraction of sp³-hybridized carbons (Fsp3) is 0.812. The highest BCUT2D eigenvalue weighted by Crippen LogP contribution is 2.64. The summed E-state index contributed by atoms with van der Waals surface area (Å²) in [6.07, 6.45) is 4.29. The van der Waals surface area contributed by atoms with E-state index < -0.39 is 18.0 Å². The van der Waals surface area contributed by atoms with Gasteiger partial charge in [-0.05, 0) is 44.4 Å². The standard InChI is InChI=1S/C16H24N2O4S2/c1-9(13(19)18-15(17)21)22-14(20)10-7-11-3-2-4-12(8-10)16(11)23-5-6-24-16/h9-12H,2-8H2,1H3,(H3,17,18,19,21)/t9-,10?,11-,12+/m1/s1. The largest absolute Gasteiger partial charge is 0.452 e.